The third-order valence-corrected chi connectivity index (χ3v) is 3.43. The molecule has 0 aliphatic rings. The molecule has 24 heavy (non-hydrogen) atoms. The molecule has 0 bridgehead atoms. The number of ether oxygens (including phenoxy) is 1. The lowest BCUT2D eigenvalue weighted by Gasteiger charge is -2.19. The number of hydrogen-bond donors (Lipinski definition) is 1. The molecule has 5 heteroatoms. The molecule has 2 aromatic rings. The molecule has 2 aromatic carbocycles. The molecule has 1 amide bonds. The van der Waals surface area contributed by atoms with E-state index < -0.39 is 5.91 Å². The van der Waals surface area contributed by atoms with Gasteiger partial charge in [-0.25, -0.2) is 0 Å². The zero-order valence-electron chi connectivity index (χ0n) is 13.7. The average Bonchev–Trinajstić information content (AvgIpc) is 2.63. The molecule has 0 heterocycles. The summed E-state index contributed by atoms with van der Waals surface area (Å²) in [5.74, 6) is 0.0647. The molecule has 122 valence electrons. The summed E-state index contributed by atoms with van der Waals surface area (Å²) in [7, 11) is 1.53. The number of hydrogen-bond acceptors (Lipinski definition) is 4. The van der Waals surface area contributed by atoms with Crippen molar-refractivity contribution in [2.75, 3.05) is 23.9 Å². The van der Waals surface area contributed by atoms with E-state index in [1.807, 2.05) is 54.3 Å². The van der Waals surface area contributed by atoms with Crippen LogP contribution in [-0.4, -0.2) is 19.6 Å². The normalized spacial score (nSPS) is 10.6. The molecule has 5 nitrogen and oxygen atoms in total. The quantitative estimate of drug-likeness (QED) is 0.652. The molecular formula is C19H19N3O2. The highest BCUT2D eigenvalue weighted by Gasteiger charge is 2.13. The van der Waals surface area contributed by atoms with Gasteiger partial charge in [-0.05, 0) is 31.2 Å². The number of methoxy groups -OCH3 is 1. The van der Waals surface area contributed by atoms with Gasteiger partial charge in [0.2, 0.25) is 0 Å². The highest BCUT2D eigenvalue weighted by atomic mass is 16.5. The van der Waals surface area contributed by atoms with Crippen molar-refractivity contribution in [3.05, 3.63) is 66.4 Å². The Bertz CT molecular complexity index is 764. The molecule has 1 N–H and O–H groups in total. The molecule has 0 fully saturated rings. The number of carbonyl (C=O) groups excluding carboxylic acids is 1. The van der Waals surface area contributed by atoms with Gasteiger partial charge >= 0.3 is 0 Å². The number of para-hydroxylation sites is 3. The fourth-order valence-corrected chi connectivity index (χ4v) is 2.20. The van der Waals surface area contributed by atoms with Crippen LogP contribution >= 0.6 is 0 Å². The second-order valence-electron chi connectivity index (χ2n) is 4.93. The van der Waals surface area contributed by atoms with Crippen LogP contribution < -0.4 is 15.0 Å². The first kappa shape index (κ1) is 17.1. The van der Waals surface area contributed by atoms with Crippen LogP contribution in [0.4, 0.5) is 11.4 Å². The van der Waals surface area contributed by atoms with Gasteiger partial charge in [0.25, 0.3) is 5.91 Å². The number of carbonyl (C=O) groups is 1. The highest BCUT2D eigenvalue weighted by molar-refractivity contribution is 6.07. The maximum atomic E-state index is 12.4. The van der Waals surface area contributed by atoms with E-state index >= 15 is 0 Å². The van der Waals surface area contributed by atoms with E-state index in [2.05, 4.69) is 5.32 Å². The van der Waals surface area contributed by atoms with E-state index in [0.717, 1.165) is 5.69 Å². The zero-order chi connectivity index (χ0) is 17.4. The lowest BCUT2D eigenvalue weighted by molar-refractivity contribution is -0.112. The number of benzene rings is 2. The van der Waals surface area contributed by atoms with Crippen LogP contribution in [0, 0.1) is 11.3 Å². The standard InChI is InChI=1S/C19H19N3O2/c1-3-22(16-9-5-4-6-10-16)14-15(13-20)19(23)21-17-11-7-8-12-18(17)24-2/h4-12,14H,3H2,1-2H3,(H,21,23)/b15-14-. The van der Waals surface area contributed by atoms with Crippen molar-refractivity contribution in [2.24, 2.45) is 0 Å². The topological polar surface area (TPSA) is 65.4 Å². The van der Waals surface area contributed by atoms with Crippen LogP contribution in [0.2, 0.25) is 0 Å². The Morgan fingerprint density at radius 2 is 1.88 bits per heavy atom. The first-order chi connectivity index (χ1) is 11.7. The van der Waals surface area contributed by atoms with Crippen LogP contribution in [0.25, 0.3) is 0 Å². The maximum Gasteiger partial charge on any atom is 0.267 e. The van der Waals surface area contributed by atoms with Gasteiger partial charge < -0.3 is 15.0 Å². The summed E-state index contributed by atoms with van der Waals surface area (Å²) in [6, 6.07) is 18.6. The fraction of sp³-hybridized carbons (Fsp3) is 0.158. The number of amides is 1. The van der Waals surface area contributed by atoms with Crippen LogP contribution in [0.5, 0.6) is 5.75 Å². The molecular weight excluding hydrogens is 302 g/mol. The molecule has 0 spiro atoms. The van der Waals surface area contributed by atoms with E-state index in [9.17, 15) is 10.1 Å². The van der Waals surface area contributed by atoms with Crippen molar-refractivity contribution in [3.8, 4) is 11.8 Å². The van der Waals surface area contributed by atoms with Gasteiger partial charge in [-0.3, -0.25) is 4.79 Å². The monoisotopic (exact) mass is 321 g/mol. The minimum absolute atomic E-state index is 0.0200. The van der Waals surface area contributed by atoms with E-state index in [0.29, 0.717) is 18.0 Å². The third kappa shape index (κ3) is 4.14. The third-order valence-electron chi connectivity index (χ3n) is 3.43. The van der Waals surface area contributed by atoms with Crippen LogP contribution in [-0.2, 0) is 4.79 Å². The first-order valence-corrected chi connectivity index (χ1v) is 7.57. The summed E-state index contributed by atoms with van der Waals surface area (Å²) in [4.78, 5) is 14.3. The molecule has 0 unspecified atom stereocenters. The van der Waals surface area contributed by atoms with Crippen LogP contribution in [0.1, 0.15) is 6.92 Å². The van der Waals surface area contributed by atoms with Crippen molar-refractivity contribution in [3.63, 3.8) is 0 Å². The van der Waals surface area contributed by atoms with Gasteiger partial charge in [0.15, 0.2) is 0 Å². The van der Waals surface area contributed by atoms with Gasteiger partial charge in [-0.15, -0.1) is 0 Å². The number of anilines is 2. The van der Waals surface area contributed by atoms with Gasteiger partial charge in [0, 0.05) is 18.4 Å². The smallest absolute Gasteiger partial charge is 0.267 e. The number of nitrogens with zero attached hydrogens (tertiary/aromatic N) is 2. The summed E-state index contributed by atoms with van der Waals surface area (Å²) in [6.07, 6.45) is 1.56. The first-order valence-electron chi connectivity index (χ1n) is 7.57. The summed E-state index contributed by atoms with van der Waals surface area (Å²) in [6.45, 7) is 2.59. The zero-order valence-corrected chi connectivity index (χ0v) is 13.7. The minimum atomic E-state index is -0.476. The SMILES string of the molecule is CCN(/C=C(/C#N)C(=O)Nc1ccccc1OC)c1ccccc1. The average molecular weight is 321 g/mol. The lowest BCUT2D eigenvalue weighted by Crippen LogP contribution is -2.20. The van der Waals surface area contributed by atoms with E-state index in [1.165, 1.54) is 7.11 Å². The molecule has 0 radical (unpaired) electrons. The molecule has 0 aliphatic carbocycles. The highest BCUT2D eigenvalue weighted by Crippen LogP contribution is 2.23. The van der Waals surface area contributed by atoms with E-state index in [1.54, 1.807) is 24.4 Å². The summed E-state index contributed by atoms with van der Waals surface area (Å²) >= 11 is 0. The van der Waals surface area contributed by atoms with Gasteiger partial charge in [0.1, 0.15) is 17.4 Å². The van der Waals surface area contributed by atoms with E-state index in [4.69, 9.17) is 4.74 Å². The predicted molar refractivity (Wildman–Crippen MR) is 94.8 cm³/mol. The van der Waals surface area contributed by atoms with Crippen LogP contribution in [0.15, 0.2) is 66.4 Å². The van der Waals surface area contributed by atoms with E-state index in [-0.39, 0.29) is 5.57 Å². The number of nitrogens with one attached hydrogen (secondary N) is 1. The maximum absolute atomic E-state index is 12.4. The second-order valence-corrected chi connectivity index (χ2v) is 4.93. The van der Waals surface area contributed by atoms with Crippen molar-refractivity contribution in [2.45, 2.75) is 6.92 Å². The Labute approximate surface area is 141 Å². The van der Waals surface area contributed by atoms with Crippen molar-refractivity contribution in [1.82, 2.24) is 0 Å². The Morgan fingerprint density at radius 1 is 1.21 bits per heavy atom. The fourth-order valence-electron chi connectivity index (χ4n) is 2.20. The Hall–Kier alpha value is -3.26. The Kier molecular flexibility index (Phi) is 5.98. The number of nitriles is 1. The summed E-state index contributed by atoms with van der Waals surface area (Å²) in [5, 5.41) is 12.1. The van der Waals surface area contributed by atoms with Crippen molar-refractivity contribution >= 4 is 17.3 Å². The Balaban J connectivity index is 2.23. The largest absolute Gasteiger partial charge is 0.495 e. The molecule has 0 saturated heterocycles. The van der Waals surface area contributed by atoms with Gasteiger partial charge in [0.05, 0.1) is 12.8 Å². The van der Waals surface area contributed by atoms with Crippen molar-refractivity contribution in [1.29, 1.82) is 5.26 Å². The molecule has 0 aromatic heterocycles. The minimum Gasteiger partial charge on any atom is -0.495 e. The van der Waals surface area contributed by atoms with Gasteiger partial charge in [-0.1, -0.05) is 30.3 Å². The Morgan fingerprint density at radius 3 is 2.50 bits per heavy atom. The molecule has 0 saturated carbocycles. The van der Waals surface area contributed by atoms with Crippen LogP contribution in [0.3, 0.4) is 0 Å². The molecule has 2 rings (SSSR count). The molecule has 0 aliphatic heterocycles. The molecule has 0 atom stereocenters. The predicted octanol–water partition coefficient (Wildman–Crippen LogP) is 3.57. The summed E-state index contributed by atoms with van der Waals surface area (Å²) < 4.78 is 5.20. The summed E-state index contributed by atoms with van der Waals surface area (Å²) in [5.41, 5.74) is 1.46. The lowest BCUT2D eigenvalue weighted by atomic mass is 10.2. The number of rotatable bonds is 6. The second kappa shape index (κ2) is 8.39. The van der Waals surface area contributed by atoms with Crippen molar-refractivity contribution < 1.29 is 9.53 Å². The van der Waals surface area contributed by atoms with Gasteiger partial charge in [-0.2, -0.15) is 5.26 Å².